The minimum absolute atomic E-state index is 0.0896. The lowest BCUT2D eigenvalue weighted by atomic mass is 10.3. The summed E-state index contributed by atoms with van der Waals surface area (Å²) in [4.78, 5) is 25.7. The van der Waals surface area contributed by atoms with E-state index in [1.165, 1.54) is 0 Å². The van der Waals surface area contributed by atoms with Crippen LogP contribution in [0.3, 0.4) is 0 Å². The number of carbonyl (C=O) groups is 2. The maximum atomic E-state index is 12.1. The highest BCUT2D eigenvalue weighted by Crippen LogP contribution is 2.24. The van der Waals surface area contributed by atoms with Crippen molar-refractivity contribution in [3.8, 4) is 5.75 Å². The van der Waals surface area contributed by atoms with Crippen LogP contribution in [0, 0.1) is 0 Å². The predicted octanol–water partition coefficient (Wildman–Crippen LogP) is 3.00. The van der Waals surface area contributed by atoms with Gasteiger partial charge in [-0.1, -0.05) is 6.92 Å². The van der Waals surface area contributed by atoms with E-state index >= 15 is 0 Å². The van der Waals surface area contributed by atoms with Gasteiger partial charge in [-0.2, -0.15) is 5.10 Å². The largest absolute Gasteiger partial charge is 0.484 e. The number of benzene rings is 1. The smallest absolute Gasteiger partial charge is 0.263 e. The zero-order chi connectivity index (χ0) is 18.5. The highest BCUT2D eigenvalue weighted by molar-refractivity contribution is 5.95. The Kier molecular flexibility index (Phi) is 5.55. The van der Waals surface area contributed by atoms with Gasteiger partial charge >= 0.3 is 0 Å². The molecular weight excluding hydrogens is 332 g/mol. The minimum atomic E-state index is -0.242. The van der Waals surface area contributed by atoms with Crippen LogP contribution in [0.1, 0.15) is 39.2 Å². The lowest BCUT2D eigenvalue weighted by Crippen LogP contribution is -2.24. The fourth-order valence-corrected chi connectivity index (χ4v) is 2.91. The highest BCUT2D eigenvalue weighted by Gasteiger charge is 2.21. The average Bonchev–Trinajstić information content (AvgIpc) is 3.28. The molecule has 1 aliphatic rings. The summed E-state index contributed by atoms with van der Waals surface area (Å²) in [5.74, 6) is 1.16. The Balaban J connectivity index is 1.53. The Morgan fingerprint density at radius 2 is 2.08 bits per heavy atom. The summed E-state index contributed by atoms with van der Waals surface area (Å²) in [6.45, 7) is 4.78. The Bertz CT molecular complexity index is 769. The quantitative estimate of drug-likeness (QED) is 0.827. The molecule has 7 heteroatoms. The molecule has 1 N–H and O–H groups in total. The van der Waals surface area contributed by atoms with Crippen LogP contribution in [0.4, 0.5) is 11.5 Å². The van der Waals surface area contributed by atoms with E-state index in [-0.39, 0.29) is 24.5 Å². The van der Waals surface area contributed by atoms with Crippen LogP contribution in [0.2, 0.25) is 0 Å². The van der Waals surface area contributed by atoms with Crippen molar-refractivity contribution in [1.82, 2.24) is 9.78 Å². The standard InChI is InChI=1S/C19H24N4O3/c1-3-14(2)23-17(10-11-20-23)21-18(24)13-26-16-8-6-15(7-9-16)22-12-4-5-19(22)25/h6-11,14H,3-5,12-13H2,1-2H3,(H,21,24). The number of amides is 2. The van der Waals surface area contributed by atoms with E-state index < -0.39 is 0 Å². The van der Waals surface area contributed by atoms with Gasteiger partial charge in [-0.25, -0.2) is 4.68 Å². The number of carbonyl (C=O) groups excluding carboxylic acids is 2. The summed E-state index contributed by atoms with van der Waals surface area (Å²) in [7, 11) is 0. The molecule has 2 heterocycles. The van der Waals surface area contributed by atoms with Crippen LogP contribution in [-0.4, -0.2) is 34.7 Å². The van der Waals surface area contributed by atoms with Gasteiger partial charge in [-0.05, 0) is 44.0 Å². The summed E-state index contributed by atoms with van der Waals surface area (Å²) in [6, 6.07) is 9.21. The molecule has 1 atom stereocenters. The molecule has 1 saturated heterocycles. The molecule has 138 valence electrons. The third-order valence-electron chi connectivity index (χ3n) is 4.54. The van der Waals surface area contributed by atoms with Crippen LogP contribution in [0.15, 0.2) is 36.5 Å². The van der Waals surface area contributed by atoms with E-state index in [1.807, 2.05) is 19.1 Å². The lowest BCUT2D eigenvalue weighted by molar-refractivity contribution is -0.118. The molecule has 26 heavy (non-hydrogen) atoms. The van der Waals surface area contributed by atoms with Gasteiger partial charge in [-0.3, -0.25) is 9.59 Å². The normalized spacial score (nSPS) is 15.2. The zero-order valence-electron chi connectivity index (χ0n) is 15.1. The number of hydrogen-bond acceptors (Lipinski definition) is 4. The van der Waals surface area contributed by atoms with Crippen molar-refractivity contribution in [2.24, 2.45) is 0 Å². The van der Waals surface area contributed by atoms with Crippen LogP contribution in [0.5, 0.6) is 5.75 Å². The Morgan fingerprint density at radius 1 is 1.31 bits per heavy atom. The van der Waals surface area contributed by atoms with Gasteiger partial charge in [0.2, 0.25) is 5.91 Å². The first kappa shape index (κ1) is 18.0. The van der Waals surface area contributed by atoms with Crippen LogP contribution >= 0.6 is 0 Å². The molecule has 1 aromatic heterocycles. The van der Waals surface area contributed by atoms with Crippen LogP contribution in [-0.2, 0) is 9.59 Å². The van der Waals surface area contributed by atoms with Crippen molar-refractivity contribution >= 4 is 23.3 Å². The number of nitrogens with zero attached hydrogens (tertiary/aromatic N) is 3. The number of nitrogens with one attached hydrogen (secondary N) is 1. The van der Waals surface area contributed by atoms with Crippen molar-refractivity contribution in [3.05, 3.63) is 36.5 Å². The van der Waals surface area contributed by atoms with Crippen LogP contribution in [0.25, 0.3) is 0 Å². The van der Waals surface area contributed by atoms with E-state index in [0.717, 1.165) is 25.1 Å². The fraction of sp³-hybridized carbons (Fsp3) is 0.421. The molecule has 0 saturated carbocycles. The first-order chi connectivity index (χ1) is 12.6. The van der Waals surface area contributed by atoms with Crippen molar-refractivity contribution in [1.29, 1.82) is 0 Å². The minimum Gasteiger partial charge on any atom is -0.484 e. The van der Waals surface area contributed by atoms with Gasteiger partial charge in [0, 0.05) is 24.7 Å². The Morgan fingerprint density at radius 3 is 2.73 bits per heavy atom. The maximum absolute atomic E-state index is 12.1. The van der Waals surface area contributed by atoms with E-state index in [2.05, 4.69) is 17.3 Å². The first-order valence-corrected chi connectivity index (χ1v) is 8.95. The molecule has 1 unspecified atom stereocenters. The van der Waals surface area contributed by atoms with Crippen molar-refractivity contribution < 1.29 is 14.3 Å². The third-order valence-corrected chi connectivity index (χ3v) is 4.54. The monoisotopic (exact) mass is 356 g/mol. The highest BCUT2D eigenvalue weighted by atomic mass is 16.5. The number of rotatable bonds is 7. The molecule has 0 aliphatic carbocycles. The van der Waals surface area contributed by atoms with Crippen molar-refractivity contribution in [3.63, 3.8) is 0 Å². The predicted molar refractivity (Wildman–Crippen MR) is 99.4 cm³/mol. The van der Waals surface area contributed by atoms with E-state index in [9.17, 15) is 9.59 Å². The number of aromatic nitrogens is 2. The lowest BCUT2D eigenvalue weighted by Gasteiger charge is -2.16. The molecule has 3 rings (SSSR count). The second-order valence-electron chi connectivity index (χ2n) is 6.40. The van der Waals surface area contributed by atoms with E-state index in [0.29, 0.717) is 18.0 Å². The Hall–Kier alpha value is -2.83. The molecule has 2 amide bonds. The summed E-state index contributed by atoms with van der Waals surface area (Å²) < 4.78 is 7.33. The molecule has 0 radical (unpaired) electrons. The summed E-state index contributed by atoms with van der Waals surface area (Å²) in [5, 5.41) is 7.06. The molecule has 7 nitrogen and oxygen atoms in total. The van der Waals surface area contributed by atoms with Crippen LogP contribution < -0.4 is 15.0 Å². The number of ether oxygens (including phenoxy) is 1. The molecule has 1 aliphatic heterocycles. The van der Waals surface area contributed by atoms with Gasteiger partial charge in [0.1, 0.15) is 11.6 Å². The summed E-state index contributed by atoms with van der Waals surface area (Å²) in [6.07, 6.45) is 4.09. The zero-order valence-corrected chi connectivity index (χ0v) is 15.1. The Labute approximate surface area is 152 Å². The van der Waals surface area contributed by atoms with Gasteiger partial charge in [-0.15, -0.1) is 0 Å². The van der Waals surface area contributed by atoms with E-state index in [4.69, 9.17) is 4.74 Å². The van der Waals surface area contributed by atoms with Gasteiger partial charge in [0.05, 0.1) is 12.2 Å². The fourth-order valence-electron chi connectivity index (χ4n) is 2.91. The molecule has 1 aromatic carbocycles. The number of anilines is 2. The average molecular weight is 356 g/mol. The van der Waals surface area contributed by atoms with Crippen molar-refractivity contribution in [2.45, 2.75) is 39.2 Å². The molecule has 0 spiro atoms. The third kappa shape index (κ3) is 4.04. The van der Waals surface area contributed by atoms with Gasteiger partial charge < -0.3 is 15.0 Å². The number of hydrogen-bond donors (Lipinski definition) is 1. The summed E-state index contributed by atoms with van der Waals surface area (Å²) >= 11 is 0. The van der Waals surface area contributed by atoms with E-state index in [1.54, 1.807) is 34.0 Å². The van der Waals surface area contributed by atoms with Gasteiger partial charge in [0.25, 0.3) is 5.91 Å². The second kappa shape index (κ2) is 8.03. The summed E-state index contributed by atoms with van der Waals surface area (Å²) in [5.41, 5.74) is 0.863. The van der Waals surface area contributed by atoms with Crippen molar-refractivity contribution in [2.75, 3.05) is 23.4 Å². The molecular formula is C19H24N4O3. The van der Waals surface area contributed by atoms with Gasteiger partial charge in [0.15, 0.2) is 6.61 Å². The molecule has 2 aromatic rings. The maximum Gasteiger partial charge on any atom is 0.263 e. The molecule has 1 fully saturated rings. The second-order valence-corrected chi connectivity index (χ2v) is 6.40. The SMILES string of the molecule is CCC(C)n1nccc1NC(=O)COc1ccc(N2CCCC2=O)cc1. The topological polar surface area (TPSA) is 76.5 Å². The first-order valence-electron chi connectivity index (χ1n) is 8.95. The molecule has 0 bridgehead atoms.